The zero-order valence-electron chi connectivity index (χ0n) is 11.6. The van der Waals surface area contributed by atoms with Crippen molar-refractivity contribution in [1.29, 1.82) is 0 Å². The van der Waals surface area contributed by atoms with Crippen molar-refractivity contribution < 1.29 is 19.5 Å². The topological polar surface area (TPSA) is 86.7 Å². The molecule has 2 N–H and O–H groups in total. The highest BCUT2D eigenvalue weighted by Crippen LogP contribution is 2.20. The fourth-order valence-corrected chi connectivity index (χ4v) is 3.05. The van der Waals surface area contributed by atoms with Crippen LogP contribution in [0, 0.1) is 5.92 Å². The summed E-state index contributed by atoms with van der Waals surface area (Å²) in [5.74, 6) is -0.980. The maximum absolute atomic E-state index is 12.0. The molecule has 1 aromatic heterocycles. The minimum absolute atomic E-state index is 0.0338. The largest absolute Gasteiger partial charge is 0.481 e. The molecule has 1 aromatic rings. The molecule has 2 heterocycles. The lowest BCUT2D eigenvalue weighted by molar-refractivity contribution is -0.138. The summed E-state index contributed by atoms with van der Waals surface area (Å²) in [5.41, 5.74) is 0.607. The molecule has 0 aliphatic carbocycles. The molecule has 21 heavy (non-hydrogen) atoms. The number of amides is 2. The Morgan fingerprint density at radius 3 is 2.90 bits per heavy atom. The zero-order valence-corrected chi connectivity index (χ0v) is 12.4. The zero-order chi connectivity index (χ0) is 15.2. The van der Waals surface area contributed by atoms with Crippen molar-refractivity contribution in [3.05, 3.63) is 22.4 Å². The van der Waals surface area contributed by atoms with E-state index in [2.05, 4.69) is 5.32 Å². The molecule has 7 heteroatoms. The van der Waals surface area contributed by atoms with Crippen LogP contribution >= 0.6 is 11.3 Å². The maximum Gasteiger partial charge on any atom is 0.303 e. The van der Waals surface area contributed by atoms with Crippen LogP contribution in [0.1, 0.15) is 29.6 Å². The summed E-state index contributed by atoms with van der Waals surface area (Å²) in [7, 11) is 0. The van der Waals surface area contributed by atoms with E-state index in [1.165, 1.54) is 11.3 Å². The molecule has 1 atom stereocenters. The second-order valence-electron chi connectivity index (χ2n) is 5.11. The van der Waals surface area contributed by atoms with Crippen LogP contribution in [-0.4, -0.2) is 47.4 Å². The van der Waals surface area contributed by atoms with Crippen LogP contribution in [0.2, 0.25) is 0 Å². The van der Waals surface area contributed by atoms with Crippen molar-refractivity contribution in [3.63, 3.8) is 0 Å². The third-order valence-corrected chi connectivity index (χ3v) is 4.19. The predicted molar refractivity (Wildman–Crippen MR) is 78.2 cm³/mol. The van der Waals surface area contributed by atoms with Gasteiger partial charge in [0.25, 0.3) is 5.91 Å². The molecule has 114 valence electrons. The van der Waals surface area contributed by atoms with Gasteiger partial charge in [0.15, 0.2) is 0 Å². The average molecular weight is 310 g/mol. The van der Waals surface area contributed by atoms with Crippen LogP contribution in [0.25, 0.3) is 0 Å². The molecule has 0 radical (unpaired) electrons. The van der Waals surface area contributed by atoms with E-state index in [9.17, 15) is 14.4 Å². The normalized spacial score (nSPS) is 17.7. The quantitative estimate of drug-likeness (QED) is 0.826. The molecule has 2 rings (SSSR count). The number of thiophene rings is 1. The molecule has 1 aliphatic rings. The number of carboxylic acid groups (broad SMARTS) is 1. The first-order chi connectivity index (χ1) is 10.1. The number of rotatable bonds is 6. The first kappa shape index (κ1) is 15.5. The molecular weight excluding hydrogens is 292 g/mol. The number of carbonyl (C=O) groups excluding carboxylic acids is 2. The number of aliphatic carboxylic acids is 1. The van der Waals surface area contributed by atoms with Crippen LogP contribution in [0.4, 0.5) is 0 Å². The van der Waals surface area contributed by atoms with Crippen molar-refractivity contribution in [2.45, 2.75) is 19.3 Å². The van der Waals surface area contributed by atoms with E-state index < -0.39 is 5.97 Å². The van der Waals surface area contributed by atoms with Crippen molar-refractivity contribution >= 4 is 29.1 Å². The van der Waals surface area contributed by atoms with Gasteiger partial charge in [0.05, 0.1) is 0 Å². The van der Waals surface area contributed by atoms with Crippen molar-refractivity contribution in [2.75, 3.05) is 19.6 Å². The Balaban J connectivity index is 1.68. The highest BCUT2D eigenvalue weighted by molar-refractivity contribution is 7.08. The average Bonchev–Trinajstić information content (AvgIpc) is 3.08. The Labute approximate surface area is 126 Å². The Kier molecular flexibility index (Phi) is 5.32. The van der Waals surface area contributed by atoms with Crippen molar-refractivity contribution in [3.8, 4) is 0 Å². The van der Waals surface area contributed by atoms with Gasteiger partial charge in [0, 0.05) is 43.4 Å². The SMILES string of the molecule is O=C(O)CC1CCN(C(=O)CCNC(=O)c2ccsc2)C1. The van der Waals surface area contributed by atoms with E-state index >= 15 is 0 Å². The summed E-state index contributed by atoms with van der Waals surface area (Å²) in [5, 5.41) is 15.0. The minimum Gasteiger partial charge on any atom is -0.481 e. The first-order valence-corrected chi connectivity index (χ1v) is 7.80. The summed E-state index contributed by atoms with van der Waals surface area (Å²) >= 11 is 1.45. The summed E-state index contributed by atoms with van der Waals surface area (Å²) in [4.78, 5) is 36.0. The van der Waals surface area contributed by atoms with E-state index in [-0.39, 0.29) is 30.6 Å². The fraction of sp³-hybridized carbons (Fsp3) is 0.500. The number of carbonyl (C=O) groups is 3. The van der Waals surface area contributed by atoms with E-state index in [0.29, 0.717) is 25.2 Å². The van der Waals surface area contributed by atoms with E-state index in [0.717, 1.165) is 6.42 Å². The van der Waals surface area contributed by atoms with Gasteiger partial charge in [-0.2, -0.15) is 11.3 Å². The molecule has 1 unspecified atom stereocenters. The molecule has 0 aromatic carbocycles. The molecule has 1 fully saturated rings. The van der Waals surface area contributed by atoms with Gasteiger partial charge >= 0.3 is 5.97 Å². The third-order valence-electron chi connectivity index (χ3n) is 3.51. The number of nitrogens with zero attached hydrogens (tertiary/aromatic N) is 1. The molecule has 0 bridgehead atoms. The monoisotopic (exact) mass is 310 g/mol. The van der Waals surface area contributed by atoms with Crippen LogP contribution in [-0.2, 0) is 9.59 Å². The van der Waals surface area contributed by atoms with E-state index in [1.54, 1.807) is 16.3 Å². The van der Waals surface area contributed by atoms with Crippen molar-refractivity contribution in [2.24, 2.45) is 5.92 Å². The van der Waals surface area contributed by atoms with Crippen LogP contribution in [0.5, 0.6) is 0 Å². The summed E-state index contributed by atoms with van der Waals surface area (Å²) in [6.07, 6.45) is 1.09. The van der Waals surface area contributed by atoms with Gasteiger partial charge in [-0.15, -0.1) is 0 Å². The maximum atomic E-state index is 12.0. The standard InChI is InChI=1S/C14H18N2O4S/c17-12(16-5-2-10(8-16)7-13(18)19)1-4-15-14(20)11-3-6-21-9-11/h3,6,9-10H,1-2,4-5,7-8H2,(H,15,20)(H,18,19). The highest BCUT2D eigenvalue weighted by atomic mass is 32.1. The van der Waals surface area contributed by atoms with Gasteiger partial charge in [0.1, 0.15) is 0 Å². The van der Waals surface area contributed by atoms with Crippen LogP contribution in [0.3, 0.4) is 0 Å². The second-order valence-corrected chi connectivity index (χ2v) is 5.89. The number of likely N-dealkylation sites (tertiary alicyclic amines) is 1. The van der Waals surface area contributed by atoms with E-state index in [1.807, 2.05) is 5.38 Å². The van der Waals surface area contributed by atoms with Crippen LogP contribution < -0.4 is 5.32 Å². The van der Waals surface area contributed by atoms with Gasteiger partial charge in [-0.25, -0.2) is 0 Å². The number of carboxylic acids is 1. The Morgan fingerprint density at radius 2 is 2.24 bits per heavy atom. The van der Waals surface area contributed by atoms with E-state index in [4.69, 9.17) is 5.11 Å². The summed E-state index contributed by atoms with van der Waals surface area (Å²) in [6.45, 7) is 1.41. The number of nitrogens with one attached hydrogen (secondary N) is 1. The van der Waals surface area contributed by atoms with Gasteiger partial charge in [-0.05, 0) is 23.8 Å². The van der Waals surface area contributed by atoms with Crippen LogP contribution in [0.15, 0.2) is 16.8 Å². The first-order valence-electron chi connectivity index (χ1n) is 6.86. The predicted octanol–water partition coefficient (Wildman–Crippen LogP) is 1.19. The third kappa shape index (κ3) is 4.56. The van der Waals surface area contributed by atoms with Gasteiger partial charge < -0.3 is 15.3 Å². The molecule has 0 saturated carbocycles. The minimum atomic E-state index is -0.822. The lowest BCUT2D eigenvalue weighted by Crippen LogP contribution is -2.33. The molecular formula is C14H18N2O4S. The van der Waals surface area contributed by atoms with Gasteiger partial charge in [-0.1, -0.05) is 0 Å². The summed E-state index contributed by atoms with van der Waals surface area (Å²) < 4.78 is 0. The smallest absolute Gasteiger partial charge is 0.303 e. The second kappa shape index (κ2) is 7.21. The Morgan fingerprint density at radius 1 is 1.43 bits per heavy atom. The molecule has 6 nitrogen and oxygen atoms in total. The Bertz CT molecular complexity index is 515. The summed E-state index contributed by atoms with van der Waals surface area (Å²) in [6, 6.07) is 1.73. The van der Waals surface area contributed by atoms with Gasteiger partial charge in [-0.3, -0.25) is 14.4 Å². The lowest BCUT2D eigenvalue weighted by atomic mass is 10.1. The Hall–Kier alpha value is -1.89. The van der Waals surface area contributed by atoms with Gasteiger partial charge in [0.2, 0.25) is 5.91 Å². The number of hydrogen-bond donors (Lipinski definition) is 2. The highest BCUT2D eigenvalue weighted by Gasteiger charge is 2.27. The van der Waals surface area contributed by atoms with Crippen molar-refractivity contribution in [1.82, 2.24) is 10.2 Å². The molecule has 2 amide bonds. The lowest BCUT2D eigenvalue weighted by Gasteiger charge is -2.16. The molecule has 1 saturated heterocycles. The molecule has 0 spiro atoms. The fourth-order valence-electron chi connectivity index (χ4n) is 2.41. The number of hydrogen-bond acceptors (Lipinski definition) is 4. The molecule has 1 aliphatic heterocycles.